The zero-order valence-corrected chi connectivity index (χ0v) is 8.97. The average Bonchev–Trinajstić information content (AvgIpc) is 2.69. The number of hydrogen-bond acceptors (Lipinski definition) is 4. The van der Waals surface area contributed by atoms with Gasteiger partial charge in [0.25, 0.3) is 0 Å². The van der Waals surface area contributed by atoms with Gasteiger partial charge in [-0.15, -0.1) is 11.3 Å². The third-order valence-corrected chi connectivity index (χ3v) is 2.93. The molecule has 2 rings (SSSR count). The summed E-state index contributed by atoms with van der Waals surface area (Å²) in [5.74, 6) is 0. The summed E-state index contributed by atoms with van der Waals surface area (Å²) < 4.78 is 2.13. The van der Waals surface area contributed by atoms with Crippen molar-refractivity contribution in [2.45, 2.75) is 13.5 Å². The van der Waals surface area contributed by atoms with Gasteiger partial charge in [-0.05, 0) is 6.92 Å². The molecular formula is C9H14N4S. The molecule has 0 spiro atoms. The second kappa shape index (κ2) is 4.08. The lowest BCUT2D eigenvalue weighted by molar-refractivity contribution is 0.676. The predicted octanol–water partition coefficient (Wildman–Crippen LogP) is 0.753. The number of thiazole rings is 1. The first-order valence-electron chi connectivity index (χ1n) is 4.64. The lowest BCUT2D eigenvalue weighted by Crippen LogP contribution is -2.22. The van der Waals surface area contributed by atoms with E-state index in [0.29, 0.717) is 6.54 Å². The van der Waals surface area contributed by atoms with E-state index in [0.717, 1.165) is 23.7 Å². The van der Waals surface area contributed by atoms with Crippen LogP contribution in [0.5, 0.6) is 0 Å². The molecule has 0 saturated heterocycles. The van der Waals surface area contributed by atoms with Crippen LogP contribution in [-0.4, -0.2) is 22.5 Å². The Kier molecular flexibility index (Phi) is 2.81. The summed E-state index contributed by atoms with van der Waals surface area (Å²) in [4.78, 5) is 5.52. The van der Waals surface area contributed by atoms with Crippen LogP contribution < -0.4 is 11.1 Å². The number of aromatic nitrogens is 2. The second-order valence-corrected chi connectivity index (χ2v) is 4.04. The Morgan fingerprint density at radius 2 is 2.50 bits per heavy atom. The zero-order valence-electron chi connectivity index (χ0n) is 8.16. The molecule has 0 aromatic carbocycles. The van der Waals surface area contributed by atoms with Crippen molar-refractivity contribution in [2.24, 2.45) is 5.73 Å². The van der Waals surface area contributed by atoms with Gasteiger partial charge in [-0.25, -0.2) is 4.98 Å². The molecule has 14 heavy (non-hydrogen) atoms. The first-order valence-corrected chi connectivity index (χ1v) is 5.52. The molecule has 0 fully saturated rings. The molecule has 76 valence electrons. The highest BCUT2D eigenvalue weighted by Crippen LogP contribution is 2.16. The molecule has 0 saturated carbocycles. The van der Waals surface area contributed by atoms with Crippen molar-refractivity contribution in [2.75, 3.05) is 13.1 Å². The molecule has 0 amide bonds. The van der Waals surface area contributed by atoms with Crippen LogP contribution >= 0.6 is 11.3 Å². The van der Waals surface area contributed by atoms with E-state index in [1.807, 2.05) is 12.3 Å². The fourth-order valence-electron chi connectivity index (χ4n) is 1.46. The summed E-state index contributed by atoms with van der Waals surface area (Å²) in [5.41, 5.74) is 7.75. The Morgan fingerprint density at radius 3 is 3.29 bits per heavy atom. The minimum Gasteiger partial charge on any atom is -0.329 e. The minimum absolute atomic E-state index is 0.671. The van der Waals surface area contributed by atoms with Gasteiger partial charge in [-0.1, -0.05) is 0 Å². The molecule has 0 aliphatic carbocycles. The van der Waals surface area contributed by atoms with Crippen molar-refractivity contribution >= 4 is 16.3 Å². The van der Waals surface area contributed by atoms with Gasteiger partial charge in [-0.2, -0.15) is 0 Å². The monoisotopic (exact) mass is 210 g/mol. The summed E-state index contributed by atoms with van der Waals surface area (Å²) in [5, 5.41) is 5.33. The van der Waals surface area contributed by atoms with Crippen molar-refractivity contribution < 1.29 is 0 Å². The van der Waals surface area contributed by atoms with Crippen LogP contribution in [0.25, 0.3) is 4.96 Å². The summed E-state index contributed by atoms with van der Waals surface area (Å²) >= 11 is 1.66. The maximum atomic E-state index is 5.42. The van der Waals surface area contributed by atoms with E-state index in [1.54, 1.807) is 11.3 Å². The van der Waals surface area contributed by atoms with Crippen LogP contribution in [-0.2, 0) is 6.54 Å². The van der Waals surface area contributed by atoms with Crippen LogP contribution in [0.3, 0.4) is 0 Å². The Labute approximate surface area is 86.8 Å². The molecule has 3 N–H and O–H groups in total. The number of nitrogens with two attached hydrogens (primary N) is 1. The molecule has 0 aliphatic heterocycles. The predicted molar refractivity (Wildman–Crippen MR) is 58.6 cm³/mol. The quantitative estimate of drug-likeness (QED) is 0.732. The van der Waals surface area contributed by atoms with Crippen LogP contribution in [0.2, 0.25) is 0 Å². The van der Waals surface area contributed by atoms with Crippen molar-refractivity contribution in [1.29, 1.82) is 0 Å². The first-order chi connectivity index (χ1) is 6.83. The number of hydrogen-bond donors (Lipinski definition) is 2. The average molecular weight is 210 g/mol. The lowest BCUT2D eigenvalue weighted by atomic mass is 10.3. The Hall–Kier alpha value is -0.910. The summed E-state index contributed by atoms with van der Waals surface area (Å²) in [6.45, 7) is 4.39. The van der Waals surface area contributed by atoms with Gasteiger partial charge in [0.15, 0.2) is 4.96 Å². The molecule has 4 nitrogen and oxygen atoms in total. The van der Waals surface area contributed by atoms with Crippen molar-refractivity contribution in [3.63, 3.8) is 0 Å². The van der Waals surface area contributed by atoms with Gasteiger partial charge in [-0.3, -0.25) is 4.40 Å². The topological polar surface area (TPSA) is 55.3 Å². The summed E-state index contributed by atoms with van der Waals surface area (Å²) in [6, 6.07) is 0. The maximum absolute atomic E-state index is 5.42. The number of imidazole rings is 1. The van der Waals surface area contributed by atoms with Gasteiger partial charge in [0.05, 0.1) is 11.4 Å². The number of nitrogens with one attached hydrogen (secondary N) is 1. The minimum atomic E-state index is 0.671. The third-order valence-electron chi connectivity index (χ3n) is 2.17. The molecule has 0 unspecified atom stereocenters. The van der Waals surface area contributed by atoms with Crippen LogP contribution in [0.4, 0.5) is 0 Å². The maximum Gasteiger partial charge on any atom is 0.194 e. The number of nitrogens with zero attached hydrogens (tertiary/aromatic N) is 2. The SMILES string of the molecule is Cc1nc2sccn2c1CNCCN. The first kappa shape index (κ1) is 9.64. The van der Waals surface area contributed by atoms with Gasteiger partial charge < -0.3 is 11.1 Å². The normalized spacial score (nSPS) is 11.3. The highest BCUT2D eigenvalue weighted by molar-refractivity contribution is 7.15. The highest BCUT2D eigenvalue weighted by Gasteiger charge is 2.07. The highest BCUT2D eigenvalue weighted by atomic mass is 32.1. The van der Waals surface area contributed by atoms with E-state index in [4.69, 9.17) is 5.73 Å². The van der Waals surface area contributed by atoms with Crippen LogP contribution in [0.15, 0.2) is 11.6 Å². The van der Waals surface area contributed by atoms with E-state index < -0.39 is 0 Å². The standard InChI is InChI=1S/C9H14N4S/c1-7-8(6-11-3-2-10)13-4-5-14-9(13)12-7/h4-5,11H,2-3,6,10H2,1H3. The Morgan fingerprint density at radius 1 is 1.64 bits per heavy atom. The molecule has 0 atom stereocenters. The molecule has 0 radical (unpaired) electrons. The Balaban J connectivity index is 2.21. The molecule has 0 bridgehead atoms. The van der Waals surface area contributed by atoms with Gasteiger partial charge in [0, 0.05) is 31.2 Å². The van der Waals surface area contributed by atoms with Crippen molar-refractivity contribution in [3.05, 3.63) is 23.0 Å². The summed E-state index contributed by atoms with van der Waals surface area (Å²) in [7, 11) is 0. The second-order valence-electron chi connectivity index (χ2n) is 3.16. The summed E-state index contributed by atoms with van der Waals surface area (Å²) in [6.07, 6.45) is 2.06. The number of aryl methyl sites for hydroxylation is 1. The molecule has 2 aromatic rings. The number of fused-ring (bicyclic) bond motifs is 1. The van der Waals surface area contributed by atoms with Gasteiger partial charge >= 0.3 is 0 Å². The van der Waals surface area contributed by atoms with E-state index in [1.165, 1.54) is 5.69 Å². The van der Waals surface area contributed by atoms with E-state index in [9.17, 15) is 0 Å². The molecule has 2 heterocycles. The largest absolute Gasteiger partial charge is 0.329 e. The molecule has 2 aromatic heterocycles. The molecule has 0 aliphatic rings. The fraction of sp³-hybridized carbons (Fsp3) is 0.444. The molecule has 5 heteroatoms. The van der Waals surface area contributed by atoms with Crippen LogP contribution in [0, 0.1) is 6.92 Å². The lowest BCUT2D eigenvalue weighted by Gasteiger charge is -2.02. The van der Waals surface area contributed by atoms with Crippen molar-refractivity contribution in [3.8, 4) is 0 Å². The zero-order chi connectivity index (χ0) is 9.97. The smallest absolute Gasteiger partial charge is 0.194 e. The van der Waals surface area contributed by atoms with E-state index in [2.05, 4.69) is 20.9 Å². The van der Waals surface area contributed by atoms with Crippen molar-refractivity contribution in [1.82, 2.24) is 14.7 Å². The Bertz CT molecular complexity index is 417. The van der Waals surface area contributed by atoms with Gasteiger partial charge in [0.2, 0.25) is 0 Å². The van der Waals surface area contributed by atoms with E-state index in [-0.39, 0.29) is 0 Å². The number of rotatable bonds is 4. The third kappa shape index (κ3) is 1.66. The fourth-order valence-corrected chi connectivity index (χ4v) is 2.24. The van der Waals surface area contributed by atoms with Gasteiger partial charge in [0.1, 0.15) is 0 Å². The molecular weight excluding hydrogens is 196 g/mol. The van der Waals surface area contributed by atoms with E-state index >= 15 is 0 Å². The van der Waals surface area contributed by atoms with Crippen LogP contribution in [0.1, 0.15) is 11.4 Å².